The van der Waals surface area contributed by atoms with E-state index in [9.17, 15) is 13.2 Å². The molecule has 1 aliphatic rings. The zero-order valence-electron chi connectivity index (χ0n) is 11.2. The van der Waals surface area contributed by atoms with E-state index in [2.05, 4.69) is 4.74 Å². The normalized spacial score (nSPS) is 18.2. The fraction of sp³-hybridized carbons (Fsp3) is 0.818. The molecule has 1 saturated heterocycles. The number of carbonyl (C=O) groups excluding carboxylic acids is 1. The number of carbonyl (C=O) groups is 1. The van der Waals surface area contributed by atoms with Gasteiger partial charge in [0, 0.05) is 33.1 Å². The van der Waals surface area contributed by atoms with Crippen molar-refractivity contribution in [2.24, 2.45) is 5.92 Å². The minimum absolute atomic E-state index is 0.161. The third-order valence-electron chi connectivity index (χ3n) is 3.25. The molecule has 0 unspecified atom stereocenters. The van der Waals surface area contributed by atoms with Crippen molar-refractivity contribution in [3.63, 3.8) is 0 Å². The first-order chi connectivity index (χ1) is 8.93. The maximum atomic E-state index is 12.2. The van der Waals surface area contributed by atoms with Gasteiger partial charge in [-0.05, 0) is 12.8 Å². The molecule has 1 heterocycles. The molecule has 1 aliphatic heterocycles. The summed E-state index contributed by atoms with van der Waals surface area (Å²) < 4.78 is 31.5. The smallest absolute Gasteiger partial charge is 0.308 e. The first-order valence-electron chi connectivity index (χ1n) is 6.09. The van der Waals surface area contributed by atoms with Crippen molar-refractivity contribution in [1.29, 1.82) is 5.26 Å². The van der Waals surface area contributed by atoms with Gasteiger partial charge in [-0.3, -0.25) is 4.79 Å². The van der Waals surface area contributed by atoms with Gasteiger partial charge in [0.25, 0.3) is 10.2 Å². The van der Waals surface area contributed by atoms with E-state index in [4.69, 9.17) is 5.26 Å². The molecule has 0 amide bonds. The lowest BCUT2D eigenvalue weighted by Crippen LogP contribution is -2.46. The maximum absolute atomic E-state index is 12.2. The fourth-order valence-corrected chi connectivity index (χ4v) is 3.40. The third-order valence-corrected chi connectivity index (χ3v) is 5.24. The molecule has 0 N–H and O–H groups in total. The number of nitriles is 1. The van der Waals surface area contributed by atoms with Crippen LogP contribution in [0.15, 0.2) is 0 Å². The van der Waals surface area contributed by atoms with E-state index in [1.807, 2.05) is 6.07 Å². The molecular formula is C11H19N3O4S. The first-order valence-corrected chi connectivity index (χ1v) is 7.49. The Balaban J connectivity index is 2.59. The van der Waals surface area contributed by atoms with Gasteiger partial charge in [0.15, 0.2) is 0 Å². The minimum atomic E-state index is -3.53. The van der Waals surface area contributed by atoms with Crippen LogP contribution in [-0.2, 0) is 19.7 Å². The van der Waals surface area contributed by atoms with Crippen LogP contribution in [0.2, 0.25) is 0 Å². The number of esters is 1. The molecule has 1 rings (SSSR count). The number of ether oxygens (including phenoxy) is 1. The summed E-state index contributed by atoms with van der Waals surface area (Å²) in [6.07, 6.45) is 1.10. The van der Waals surface area contributed by atoms with E-state index < -0.39 is 10.2 Å². The van der Waals surface area contributed by atoms with Gasteiger partial charge in [-0.2, -0.15) is 22.3 Å². The van der Waals surface area contributed by atoms with Crippen molar-refractivity contribution >= 4 is 16.2 Å². The Morgan fingerprint density at radius 2 is 2.05 bits per heavy atom. The van der Waals surface area contributed by atoms with Gasteiger partial charge in [-0.1, -0.05) is 0 Å². The molecule has 0 spiro atoms. The van der Waals surface area contributed by atoms with Crippen molar-refractivity contribution in [3.8, 4) is 6.07 Å². The summed E-state index contributed by atoms with van der Waals surface area (Å²) in [7, 11) is -0.735. The monoisotopic (exact) mass is 289 g/mol. The lowest BCUT2D eigenvalue weighted by atomic mass is 9.99. The average Bonchev–Trinajstić information content (AvgIpc) is 2.43. The Kier molecular flexibility index (Phi) is 5.72. The van der Waals surface area contributed by atoms with Crippen LogP contribution in [0.5, 0.6) is 0 Å². The summed E-state index contributed by atoms with van der Waals surface area (Å²) in [6, 6.07) is 1.92. The van der Waals surface area contributed by atoms with Crippen LogP contribution in [0.25, 0.3) is 0 Å². The Hall–Kier alpha value is -1.17. The largest absolute Gasteiger partial charge is 0.469 e. The Bertz CT molecular complexity index is 449. The van der Waals surface area contributed by atoms with Crippen LogP contribution in [-0.4, -0.2) is 56.8 Å². The molecule has 0 bridgehead atoms. The summed E-state index contributed by atoms with van der Waals surface area (Å²) in [5.74, 6) is -0.504. The zero-order chi connectivity index (χ0) is 14.5. The Morgan fingerprint density at radius 1 is 1.47 bits per heavy atom. The van der Waals surface area contributed by atoms with Gasteiger partial charge in [-0.25, -0.2) is 0 Å². The molecule has 0 aromatic heterocycles. The van der Waals surface area contributed by atoms with E-state index in [-0.39, 0.29) is 24.9 Å². The highest BCUT2D eigenvalue weighted by atomic mass is 32.2. The van der Waals surface area contributed by atoms with Crippen LogP contribution in [0.3, 0.4) is 0 Å². The molecule has 0 aliphatic carbocycles. The standard InChI is InChI=1S/C11H19N3O4S/c1-13(7-3-6-12)19(16,17)14-8-4-10(5-9-14)11(15)18-2/h10H,3-5,7-9H2,1-2H3. The van der Waals surface area contributed by atoms with Crippen molar-refractivity contribution in [3.05, 3.63) is 0 Å². The number of piperidine rings is 1. The number of nitrogens with zero attached hydrogens (tertiary/aromatic N) is 3. The molecule has 0 atom stereocenters. The van der Waals surface area contributed by atoms with E-state index in [0.717, 1.165) is 0 Å². The summed E-state index contributed by atoms with van der Waals surface area (Å²) in [5.41, 5.74) is 0. The van der Waals surface area contributed by atoms with Crippen molar-refractivity contribution in [2.45, 2.75) is 19.3 Å². The number of hydrogen-bond donors (Lipinski definition) is 0. The second-order valence-corrected chi connectivity index (χ2v) is 6.47. The van der Waals surface area contributed by atoms with E-state index in [1.54, 1.807) is 0 Å². The summed E-state index contributed by atoms with van der Waals surface area (Å²) >= 11 is 0. The number of rotatable bonds is 5. The van der Waals surface area contributed by atoms with E-state index >= 15 is 0 Å². The molecule has 0 aromatic rings. The predicted molar refractivity (Wildman–Crippen MR) is 68.1 cm³/mol. The van der Waals surface area contributed by atoms with Gasteiger partial charge in [-0.15, -0.1) is 0 Å². The number of hydrogen-bond acceptors (Lipinski definition) is 5. The van der Waals surface area contributed by atoms with Crippen LogP contribution in [0.4, 0.5) is 0 Å². The zero-order valence-corrected chi connectivity index (χ0v) is 12.0. The highest BCUT2D eigenvalue weighted by Crippen LogP contribution is 2.21. The fourth-order valence-electron chi connectivity index (χ4n) is 2.01. The Labute approximate surface area is 113 Å². The second kappa shape index (κ2) is 6.84. The molecule has 7 nitrogen and oxygen atoms in total. The van der Waals surface area contributed by atoms with Gasteiger partial charge in [0.2, 0.25) is 0 Å². The van der Waals surface area contributed by atoms with Gasteiger partial charge >= 0.3 is 5.97 Å². The SMILES string of the molecule is COC(=O)C1CCN(S(=O)(=O)N(C)CCC#N)CC1. The average molecular weight is 289 g/mol. The van der Waals surface area contributed by atoms with Crippen molar-refractivity contribution in [1.82, 2.24) is 8.61 Å². The van der Waals surface area contributed by atoms with E-state index in [1.165, 1.54) is 22.8 Å². The van der Waals surface area contributed by atoms with Crippen LogP contribution in [0.1, 0.15) is 19.3 Å². The molecule has 19 heavy (non-hydrogen) atoms. The Morgan fingerprint density at radius 3 is 2.53 bits per heavy atom. The summed E-state index contributed by atoms with van der Waals surface area (Å²) in [6.45, 7) is 0.785. The molecule has 0 saturated carbocycles. The molecule has 8 heteroatoms. The van der Waals surface area contributed by atoms with E-state index in [0.29, 0.717) is 25.9 Å². The maximum Gasteiger partial charge on any atom is 0.308 e. The lowest BCUT2D eigenvalue weighted by molar-refractivity contribution is -0.146. The summed E-state index contributed by atoms with van der Waals surface area (Å²) in [5, 5.41) is 8.48. The summed E-state index contributed by atoms with van der Waals surface area (Å²) in [4.78, 5) is 11.4. The molecular weight excluding hydrogens is 270 g/mol. The third kappa shape index (κ3) is 3.89. The van der Waals surface area contributed by atoms with Crippen molar-refractivity contribution in [2.75, 3.05) is 33.8 Å². The molecule has 1 fully saturated rings. The van der Waals surface area contributed by atoms with Crippen LogP contribution >= 0.6 is 0 Å². The quantitative estimate of drug-likeness (QED) is 0.662. The van der Waals surface area contributed by atoms with Gasteiger partial charge < -0.3 is 4.74 Å². The van der Waals surface area contributed by atoms with Gasteiger partial charge in [0.05, 0.1) is 19.1 Å². The topological polar surface area (TPSA) is 90.7 Å². The highest BCUT2D eigenvalue weighted by Gasteiger charge is 2.33. The minimum Gasteiger partial charge on any atom is -0.469 e. The first kappa shape index (κ1) is 15.9. The molecule has 0 aromatic carbocycles. The predicted octanol–water partition coefficient (Wildman–Crippen LogP) is -0.0383. The van der Waals surface area contributed by atoms with Crippen LogP contribution in [0, 0.1) is 17.2 Å². The van der Waals surface area contributed by atoms with Crippen molar-refractivity contribution < 1.29 is 17.9 Å². The number of methoxy groups -OCH3 is 1. The van der Waals surface area contributed by atoms with Gasteiger partial charge in [0.1, 0.15) is 0 Å². The lowest BCUT2D eigenvalue weighted by Gasteiger charge is -2.32. The molecule has 0 radical (unpaired) electrons. The highest BCUT2D eigenvalue weighted by molar-refractivity contribution is 7.86. The van der Waals surface area contributed by atoms with Crippen LogP contribution < -0.4 is 0 Å². The molecule has 108 valence electrons. The second-order valence-electron chi connectivity index (χ2n) is 4.43.